The maximum atomic E-state index is 12.3. The van der Waals surface area contributed by atoms with Crippen LogP contribution in [0.15, 0.2) is 54.6 Å². The van der Waals surface area contributed by atoms with Crippen molar-refractivity contribution in [2.24, 2.45) is 0 Å². The third-order valence-electron chi connectivity index (χ3n) is 3.72. The lowest BCUT2D eigenvalue weighted by molar-refractivity contribution is -0.121. The van der Waals surface area contributed by atoms with Crippen LogP contribution in [0, 0.1) is 0 Å². The van der Waals surface area contributed by atoms with E-state index in [1.54, 1.807) is 7.11 Å². The highest BCUT2D eigenvalue weighted by Gasteiger charge is 2.19. The van der Waals surface area contributed by atoms with Gasteiger partial charge in [-0.15, -0.1) is 0 Å². The summed E-state index contributed by atoms with van der Waals surface area (Å²) in [4.78, 5) is 12.3. The Morgan fingerprint density at radius 1 is 1.09 bits per heavy atom. The molecule has 0 aliphatic heterocycles. The molecule has 0 aliphatic carbocycles. The minimum Gasteiger partial charge on any atom is -0.496 e. The van der Waals surface area contributed by atoms with Crippen LogP contribution >= 0.6 is 0 Å². The molecule has 0 saturated carbocycles. The fourth-order valence-corrected chi connectivity index (χ4v) is 2.55. The van der Waals surface area contributed by atoms with Crippen LogP contribution in [-0.2, 0) is 4.79 Å². The van der Waals surface area contributed by atoms with E-state index in [0.29, 0.717) is 6.42 Å². The van der Waals surface area contributed by atoms with Crippen molar-refractivity contribution in [1.29, 1.82) is 0 Å². The highest BCUT2D eigenvalue weighted by Crippen LogP contribution is 2.29. The zero-order valence-electron chi connectivity index (χ0n) is 13.7. The van der Waals surface area contributed by atoms with Crippen molar-refractivity contribution >= 4 is 5.91 Å². The molecular weight excluding hydrogens is 288 g/mol. The van der Waals surface area contributed by atoms with Crippen LogP contribution in [-0.4, -0.2) is 26.6 Å². The van der Waals surface area contributed by atoms with E-state index in [0.717, 1.165) is 29.8 Å². The van der Waals surface area contributed by atoms with E-state index in [4.69, 9.17) is 4.74 Å². The molecular formula is C19H24N2O2. The molecule has 0 saturated heterocycles. The molecule has 1 unspecified atom stereocenters. The summed E-state index contributed by atoms with van der Waals surface area (Å²) in [6.07, 6.45) is 1.31. The second-order valence-electron chi connectivity index (χ2n) is 5.36. The molecule has 0 heterocycles. The average Bonchev–Trinajstić information content (AvgIpc) is 2.60. The number of para-hydroxylation sites is 1. The number of ether oxygens (including phenoxy) is 1. The molecule has 2 rings (SSSR count). The number of nitrogens with one attached hydrogen (secondary N) is 2. The van der Waals surface area contributed by atoms with Crippen LogP contribution in [0.1, 0.15) is 30.0 Å². The Kier molecular flexibility index (Phi) is 6.63. The molecule has 23 heavy (non-hydrogen) atoms. The molecule has 122 valence electrons. The van der Waals surface area contributed by atoms with Gasteiger partial charge in [-0.1, -0.05) is 48.5 Å². The third kappa shape index (κ3) is 4.83. The standard InChI is InChI=1S/C19H24N2O2/c1-20-14-8-13-18(22)21-19(15-9-4-3-5-10-15)16-11-6-7-12-17(16)23-2/h3-7,9-12,19-20H,8,13-14H2,1-2H3,(H,21,22). The number of amides is 1. The smallest absolute Gasteiger partial charge is 0.220 e. The van der Waals surface area contributed by atoms with Crippen molar-refractivity contribution in [1.82, 2.24) is 10.6 Å². The molecule has 0 radical (unpaired) electrons. The molecule has 1 amide bonds. The zero-order valence-corrected chi connectivity index (χ0v) is 13.7. The van der Waals surface area contributed by atoms with E-state index >= 15 is 0 Å². The summed E-state index contributed by atoms with van der Waals surface area (Å²) in [6.45, 7) is 0.831. The van der Waals surface area contributed by atoms with Gasteiger partial charge in [-0.05, 0) is 31.6 Å². The Hall–Kier alpha value is -2.33. The van der Waals surface area contributed by atoms with Gasteiger partial charge in [0.05, 0.1) is 13.2 Å². The van der Waals surface area contributed by atoms with Gasteiger partial charge < -0.3 is 15.4 Å². The van der Waals surface area contributed by atoms with Crippen LogP contribution in [0.5, 0.6) is 5.75 Å². The van der Waals surface area contributed by atoms with Crippen molar-refractivity contribution in [3.8, 4) is 5.75 Å². The van der Waals surface area contributed by atoms with Crippen molar-refractivity contribution in [3.63, 3.8) is 0 Å². The van der Waals surface area contributed by atoms with Gasteiger partial charge in [0, 0.05) is 12.0 Å². The summed E-state index contributed by atoms with van der Waals surface area (Å²) in [5, 5.41) is 6.19. The SMILES string of the molecule is CNCCCC(=O)NC(c1ccccc1)c1ccccc1OC. The first-order chi connectivity index (χ1) is 11.3. The molecule has 0 bridgehead atoms. The van der Waals surface area contributed by atoms with Gasteiger partial charge in [-0.3, -0.25) is 4.79 Å². The van der Waals surface area contributed by atoms with E-state index in [-0.39, 0.29) is 11.9 Å². The fraction of sp³-hybridized carbons (Fsp3) is 0.316. The first kappa shape index (κ1) is 17.0. The van der Waals surface area contributed by atoms with Crippen molar-refractivity contribution in [3.05, 3.63) is 65.7 Å². The van der Waals surface area contributed by atoms with E-state index < -0.39 is 0 Å². The summed E-state index contributed by atoms with van der Waals surface area (Å²) < 4.78 is 5.47. The number of hydrogen-bond acceptors (Lipinski definition) is 3. The molecule has 2 aromatic rings. The second-order valence-corrected chi connectivity index (χ2v) is 5.36. The maximum absolute atomic E-state index is 12.3. The van der Waals surface area contributed by atoms with Crippen molar-refractivity contribution in [2.45, 2.75) is 18.9 Å². The largest absolute Gasteiger partial charge is 0.496 e. The van der Waals surface area contributed by atoms with Crippen LogP contribution < -0.4 is 15.4 Å². The topological polar surface area (TPSA) is 50.4 Å². The third-order valence-corrected chi connectivity index (χ3v) is 3.72. The van der Waals surface area contributed by atoms with E-state index in [9.17, 15) is 4.79 Å². The Bertz CT molecular complexity index is 614. The normalized spacial score (nSPS) is 11.7. The van der Waals surface area contributed by atoms with Gasteiger partial charge in [-0.25, -0.2) is 0 Å². The van der Waals surface area contributed by atoms with Gasteiger partial charge in [-0.2, -0.15) is 0 Å². The van der Waals surface area contributed by atoms with Crippen LogP contribution in [0.2, 0.25) is 0 Å². The number of benzene rings is 2. The molecule has 2 N–H and O–H groups in total. The highest BCUT2D eigenvalue weighted by atomic mass is 16.5. The summed E-state index contributed by atoms with van der Waals surface area (Å²) in [7, 11) is 3.54. The first-order valence-electron chi connectivity index (χ1n) is 7.88. The van der Waals surface area contributed by atoms with E-state index in [1.165, 1.54) is 0 Å². The Morgan fingerprint density at radius 2 is 1.78 bits per heavy atom. The first-order valence-corrected chi connectivity index (χ1v) is 7.88. The fourth-order valence-electron chi connectivity index (χ4n) is 2.55. The minimum absolute atomic E-state index is 0.0417. The predicted octanol–water partition coefficient (Wildman–Crippen LogP) is 2.90. The van der Waals surface area contributed by atoms with Gasteiger partial charge in [0.25, 0.3) is 0 Å². The van der Waals surface area contributed by atoms with Crippen LogP contribution in [0.25, 0.3) is 0 Å². The minimum atomic E-state index is -0.213. The van der Waals surface area contributed by atoms with E-state index in [1.807, 2.05) is 61.6 Å². The lowest BCUT2D eigenvalue weighted by atomic mass is 9.97. The molecule has 0 fully saturated rings. The molecule has 0 spiro atoms. The average molecular weight is 312 g/mol. The van der Waals surface area contributed by atoms with Crippen molar-refractivity contribution in [2.75, 3.05) is 20.7 Å². The number of hydrogen-bond donors (Lipinski definition) is 2. The van der Waals surface area contributed by atoms with Gasteiger partial charge in [0.2, 0.25) is 5.91 Å². The Labute approximate surface area is 137 Å². The summed E-state index contributed by atoms with van der Waals surface area (Å²) in [5.41, 5.74) is 2.00. The van der Waals surface area contributed by atoms with Gasteiger partial charge in [0.1, 0.15) is 5.75 Å². The van der Waals surface area contributed by atoms with Gasteiger partial charge >= 0.3 is 0 Å². The Balaban J connectivity index is 2.24. The van der Waals surface area contributed by atoms with E-state index in [2.05, 4.69) is 10.6 Å². The highest BCUT2D eigenvalue weighted by molar-refractivity contribution is 5.77. The molecule has 2 aromatic carbocycles. The number of rotatable bonds is 8. The Morgan fingerprint density at radius 3 is 2.48 bits per heavy atom. The lowest BCUT2D eigenvalue weighted by Crippen LogP contribution is -2.30. The summed E-state index contributed by atoms with van der Waals surface area (Å²) in [6, 6.07) is 17.5. The maximum Gasteiger partial charge on any atom is 0.220 e. The quantitative estimate of drug-likeness (QED) is 0.737. The number of carbonyl (C=O) groups is 1. The zero-order chi connectivity index (χ0) is 16.5. The lowest BCUT2D eigenvalue weighted by Gasteiger charge is -2.22. The number of methoxy groups -OCH3 is 1. The summed E-state index contributed by atoms with van der Waals surface area (Å²) >= 11 is 0. The van der Waals surface area contributed by atoms with Crippen molar-refractivity contribution < 1.29 is 9.53 Å². The molecule has 0 aliphatic rings. The van der Waals surface area contributed by atoms with Gasteiger partial charge in [0.15, 0.2) is 0 Å². The molecule has 0 aromatic heterocycles. The molecule has 1 atom stereocenters. The summed E-state index contributed by atoms with van der Waals surface area (Å²) in [5.74, 6) is 0.817. The monoisotopic (exact) mass is 312 g/mol. The molecule has 4 heteroatoms. The second kappa shape index (κ2) is 8.96. The predicted molar refractivity (Wildman–Crippen MR) is 92.6 cm³/mol. The van der Waals surface area contributed by atoms with Crippen LogP contribution in [0.4, 0.5) is 0 Å². The molecule has 4 nitrogen and oxygen atoms in total. The van der Waals surface area contributed by atoms with Crippen LogP contribution in [0.3, 0.4) is 0 Å². The number of carbonyl (C=O) groups excluding carboxylic acids is 1.